The van der Waals surface area contributed by atoms with Crippen LogP contribution in [0.4, 0.5) is 0 Å². The zero-order valence-electron chi connectivity index (χ0n) is 12.7. The molecule has 6 heteroatoms. The summed E-state index contributed by atoms with van der Waals surface area (Å²) in [7, 11) is 0. The molecule has 3 rings (SSSR count). The van der Waals surface area contributed by atoms with Gasteiger partial charge in [0.25, 0.3) is 11.8 Å². The third-order valence-electron chi connectivity index (χ3n) is 4.05. The summed E-state index contributed by atoms with van der Waals surface area (Å²) in [5, 5.41) is 2.22. The molecule has 0 saturated heterocycles. The third kappa shape index (κ3) is 3.41. The molecule has 120 valence electrons. The van der Waals surface area contributed by atoms with Gasteiger partial charge in [0.15, 0.2) is 0 Å². The largest absolute Gasteiger partial charge is 0.271 e. The lowest BCUT2D eigenvalue weighted by Crippen LogP contribution is -2.42. The molecule has 0 saturated carbocycles. The van der Waals surface area contributed by atoms with Gasteiger partial charge in [-0.15, -0.1) is 11.3 Å². The van der Waals surface area contributed by atoms with Crippen LogP contribution in [0.5, 0.6) is 0 Å². The van der Waals surface area contributed by atoms with E-state index in [1.807, 2.05) is 5.38 Å². The van der Waals surface area contributed by atoms with Crippen molar-refractivity contribution in [3.05, 3.63) is 56.2 Å². The molecule has 1 aliphatic carbocycles. The molecule has 1 heterocycles. The fourth-order valence-corrected chi connectivity index (χ4v) is 4.23. The minimum absolute atomic E-state index is 0.280. The number of fused-ring (bicyclic) bond motifs is 1. The van der Waals surface area contributed by atoms with Crippen molar-refractivity contribution < 1.29 is 9.59 Å². The van der Waals surface area contributed by atoms with E-state index < -0.39 is 5.91 Å². The van der Waals surface area contributed by atoms with Crippen molar-refractivity contribution >= 4 is 34.8 Å². The van der Waals surface area contributed by atoms with Gasteiger partial charge in [-0.05, 0) is 42.9 Å². The van der Waals surface area contributed by atoms with E-state index in [0.29, 0.717) is 22.1 Å². The summed E-state index contributed by atoms with van der Waals surface area (Å²) < 4.78 is 0. The van der Waals surface area contributed by atoms with Gasteiger partial charge in [-0.2, -0.15) is 0 Å². The molecule has 4 nitrogen and oxygen atoms in total. The lowest BCUT2D eigenvalue weighted by Gasteiger charge is -2.18. The molecular weight excluding hydrogens is 332 g/mol. The van der Waals surface area contributed by atoms with E-state index in [4.69, 9.17) is 11.6 Å². The smallest absolute Gasteiger partial charge is 0.267 e. The Balaban J connectivity index is 1.67. The van der Waals surface area contributed by atoms with Gasteiger partial charge in [0.05, 0.1) is 16.1 Å². The highest BCUT2D eigenvalue weighted by Crippen LogP contribution is 2.32. The Morgan fingerprint density at radius 2 is 1.87 bits per heavy atom. The standard InChI is InChI=1S/C17H17ClN2O2S/c1-10-6-7-11-13(9-23-15(11)8-10)17(22)20-19-16(21)12-4-2-3-5-14(12)18/h2-5,9-10H,6-8H2,1H3,(H,19,21)(H,20,22). The number of hydrazine groups is 1. The number of nitrogens with one attached hydrogen (secondary N) is 2. The maximum Gasteiger partial charge on any atom is 0.271 e. The number of amides is 2. The first-order valence-electron chi connectivity index (χ1n) is 7.50. The van der Waals surface area contributed by atoms with Crippen LogP contribution < -0.4 is 10.9 Å². The first-order chi connectivity index (χ1) is 11.1. The third-order valence-corrected chi connectivity index (χ3v) is 5.44. The molecule has 0 bridgehead atoms. The predicted molar refractivity (Wildman–Crippen MR) is 91.9 cm³/mol. The second kappa shape index (κ2) is 6.72. The van der Waals surface area contributed by atoms with Gasteiger partial charge < -0.3 is 0 Å². The summed E-state index contributed by atoms with van der Waals surface area (Å²) >= 11 is 7.59. The summed E-state index contributed by atoms with van der Waals surface area (Å²) in [4.78, 5) is 25.7. The summed E-state index contributed by atoms with van der Waals surface area (Å²) in [5.41, 5.74) is 7.02. The second-order valence-electron chi connectivity index (χ2n) is 5.79. The number of rotatable bonds is 2. The van der Waals surface area contributed by atoms with Crippen LogP contribution in [0.1, 0.15) is 44.5 Å². The molecular formula is C17H17ClN2O2S. The van der Waals surface area contributed by atoms with Gasteiger partial charge in [0.1, 0.15) is 0 Å². The Kier molecular flexibility index (Phi) is 4.68. The Labute approximate surface area is 143 Å². The van der Waals surface area contributed by atoms with Crippen LogP contribution in [0.25, 0.3) is 0 Å². The summed E-state index contributed by atoms with van der Waals surface area (Å²) in [5.74, 6) is -0.0453. The monoisotopic (exact) mass is 348 g/mol. The fraction of sp³-hybridized carbons (Fsp3) is 0.294. The number of hydrogen-bond acceptors (Lipinski definition) is 3. The first-order valence-corrected chi connectivity index (χ1v) is 8.76. The van der Waals surface area contributed by atoms with Gasteiger partial charge in [0.2, 0.25) is 0 Å². The fourth-order valence-electron chi connectivity index (χ4n) is 2.76. The second-order valence-corrected chi connectivity index (χ2v) is 7.16. The quantitative estimate of drug-likeness (QED) is 0.815. The van der Waals surface area contributed by atoms with Crippen LogP contribution in [0.3, 0.4) is 0 Å². The van der Waals surface area contributed by atoms with E-state index in [1.165, 1.54) is 4.88 Å². The van der Waals surface area contributed by atoms with Crippen molar-refractivity contribution in [2.75, 3.05) is 0 Å². The lowest BCUT2D eigenvalue weighted by molar-refractivity contribution is 0.0846. The minimum Gasteiger partial charge on any atom is -0.267 e. The molecule has 1 unspecified atom stereocenters. The van der Waals surface area contributed by atoms with E-state index in [2.05, 4.69) is 17.8 Å². The van der Waals surface area contributed by atoms with Crippen molar-refractivity contribution in [2.45, 2.75) is 26.2 Å². The van der Waals surface area contributed by atoms with E-state index in [1.54, 1.807) is 35.6 Å². The highest BCUT2D eigenvalue weighted by Gasteiger charge is 2.23. The lowest BCUT2D eigenvalue weighted by atomic mass is 9.88. The molecule has 1 aromatic heterocycles. The van der Waals surface area contributed by atoms with Gasteiger partial charge in [0, 0.05) is 10.3 Å². The van der Waals surface area contributed by atoms with Crippen molar-refractivity contribution in [1.29, 1.82) is 0 Å². The number of carbonyl (C=O) groups excluding carboxylic acids is 2. The summed E-state index contributed by atoms with van der Waals surface area (Å²) in [6, 6.07) is 6.71. The number of benzene rings is 1. The van der Waals surface area contributed by atoms with Crippen molar-refractivity contribution in [1.82, 2.24) is 10.9 Å². The van der Waals surface area contributed by atoms with E-state index in [9.17, 15) is 9.59 Å². The molecule has 2 aromatic rings. The first kappa shape index (κ1) is 16.0. The molecule has 23 heavy (non-hydrogen) atoms. The van der Waals surface area contributed by atoms with Gasteiger partial charge in [-0.25, -0.2) is 0 Å². The summed E-state index contributed by atoms with van der Waals surface area (Å²) in [6.07, 6.45) is 3.04. The van der Waals surface area contributed by atoms with Crippen molar-refractivity contribution in [2.24, 2.45) is 5.92 Å². The van der Waals surface area contributed by atoms with Gasteiger partial charge >= 0.3 is 0 Å². The SMILES string of the molecule is CC1CCc2c(C(=O)NNC(=O)c3ccccc3Cl)csc2C1. The molecule has 0 aliphatic heterocycles. The molecule has 0 spiro atoms. The molecule has 1 atom stereocenters. The van der Waals surface area contributed by atoms with E-state index in [0.717, 1.165) is 24.8 Å². The van der Waals surface area contributed by atoms with E-state index >= 15 is 0 Å². The van der Waals surface area contributed by atoms with Crippen LogP contribution >= 0.6 is 22.9 Å². The molecule has 1 aromatic carbocycles. The average Bonchev–Trinajstić information content (AvgIpc) is 2.95. The maximum absolute atomic E-state index is 12.3. The average molecular weight is 349 g/mol. The number of carbonyl (C=O) groups is 2. The zero-order chi connectivity index (χ0) is 16.4. The molecule has 0 radical (unpaired) electrons. The van der Waals surface area contributed by atoms with Crippen LogP contribution in [0.15, 0.2) is 29.6 Å². The summed E-state index contributed by atoms with van der Waals surface area (Å²) in [6.45, 7) is 2.23. The van der Waals surface area contributed by atoms with Crippen LogP contribution in [0, 0.1) is 5.92 Å². The molecule has 2 N–H and O–H groups in total. The number of thiophene rings is 1. The predicted octanol–water partition coefficient (Wildman–Crippen LogP) is 3.60. The number of hydrogen-bond donors (Lipinski definition) is 2. The highest BCUT2D eigenvalue weighted by atomic mass is 35.5. The van der Waals surface area contributed by atoms with Crippen molar-refractivity contribution in [3.63, 3.8) is 0 Å². The Morgan fingerprint density at radius 3 is 2.61 bits per heavy atom. The van der Waals surface area contributed by atoms with Crippen LogP contribution in [-0.2, 0) is 12.8 Å². The normalized spacial score (nSPS) is 16.5. The van der Waals surface area contributed by atoms with Crippen LogP contribution in [0.2, 0.25) is 5.02 Å². The Hall–Kier alpha value is -1.85. The van der Waals surface area contributed by atoms with Gasteiger partial charge in [-0.1, -0.05) is 30.7 Å². The zero-order valence-corrected chi connectivity index (χ0v) is 14.3. The molecule has 2 amide bonds. The molecule has 0 fully saturated rings. The Morgan fingerprint density at radius 1 is 1.17 bits per heavy atom. The van der Waals surface area contributed by atoms with Gasteiger partial charge in [-0.3, -0.25) is 20.4 Å². The molecule has 1 aliphatic rings. The Bertz CT molecular complexity index is 757. The van der Waals surface area contributed by atoms with E-state index in [-0.39, 0.29) is 5.91 Å². The topological polar surface area (TPSA) is 58.2 Å². The number of halogens is 1. The minimum atomic E-state index is -0.429. The maximum atomic E-state index is 12.3. The van der Waals surface area contributed by atoms with Crippen LogP contribution in [-0.4, -0.2) is 11.8 Å². The van der Waals surface area contributed by atoms with Crippen molar-refractivity contribution in [3.8, 4) is 0 Å². The highest BCUT2D eigenvalue weighted by molar-refractivity contribution is 7.10.